The molecule has 0 saturated carbocycles. The summed E-state index contributed by atoms with van der Waals surface area (Å²) >= 11 is 0. The van der Waals surface area contributed by atoms with Gasteiger partial charge >= 0.3 is 0 Å². The third-order valence-electron chi connectivity index (χ3n) is 2.61. The van der Waals surface area contributed by atoms with E-state index in [2.05, 4.69) is 10.6 Å². The van der Waals surface area contributed by atoms with Crippen molar-refractivity contribution >= 4 is 17.9 Å². The van der Waals surface area contributed by atoms with Crippen LogP contribution in [-0.4, -0.2) is 24.4 Å². The Labute approximate surface area is 113 Å². The minimum atomic E-state index is -0.532. The van der Waals surface area contributed by atoms with E-state index in [-0.39, 0.29) is 11.8 Å². The molecule has 0 aromatic heterocycles. The van der Waals surface area contributed by atoms with Crippen LogP contribution in [-0.2, 0) is 9.59 Å². The van der Waals surface area contributed by atoms with Crippen LogP contribution in [0.1, 0.15) is 25.0 Å². The summed E-state index contributed by atoms with van der Waals surface area (Å²) in [5, 5.41) is 5.26. The normalized spacial score (nSPS) is 12.2. The number of carbonyl (C=O) groups is 2. The standard InChI is InChI=1S/C15H20N2O2/c1-4-16-15(19)12(3)17-14(18)10-9-13-7-5-11(2)6-8-13/h5-10,12H,4H2,1-3H3,(H,16,19)(H,17,18)/b10-9+/t12-/m1/s1. The van der Waals surface area contributed by atoms with Gasteiger partial charge in [-0.2, -0.15) is 0 Å². The molecule has 0 unspecified atom stereocenters. The average molecular weight is 260 g/mol. The smallest absolute Gasteiger partial charge is 0.244 e. The molecule has 102 valence electrons. The van der Waals surface area contributed by atoms with Crippen LogP contribution in [0.3, 0.4) is 0 Å². The molecule has 0 aliphatic rings. The van der Waals surface area contributed by atoms with E-state index in [0.717, 1.165) is 5.56 Å². The van der Waals surface area contributed by atoms with Crippen molar-refractivity contribution in [2.45, 2.75) is 26.8 Å². The fourth-order valence-corrected chi connectivity index (χ4v) is 1.50. The first-order chi connectivity index (χ1) is 9.02. The van der Waals surface area contributed by atoms with Crippen LogP contribution in [0.2, 0.25) is 0 Å². The summed E-state index contributed by atoms with van der Waals surface area (Å²) in [6.45, 7) is 6.05. The van der Waals surface area contributed by atoms with E-state index >= 15 is 0 Å². The second-order valence-corrected chi connectivity index (χ2v) is 4.37. The molecule has 0 aliphatic heterocycles. The van der Waals surface area contributed by atoms with Gasteiger partial charge in [0.25, 0.3) is 0 Å². The van der Waals surface area contributed by atoms with Gasteiger partial charge in [0.15, 0.2) is 0 Å². The van der Waals surface area contributed by atoms with Crippen molar-refractivity contribution in [1.29, 1.82) is 0 Å². The molecule has 1 aromatic carbocycles. The Bertz CT molecular complexity index is 464. The van der Waals surface area contributed by atoms with E-state index in [1.165, 1.54) is 11.6 Å². The monoisotopic (exact) mass is 260 g/mol. The van der Waals surface area contributed by atoms with Crippen molar-refractivity contribution in [2.24, 2.45) is 0 Å². The molecule has 0 heterocycles. The lowest BCUT2D eigenvalue weighted by Gasteiger charge is -2.11. The highest BCUT2D eigenvalue weighted by Crippen LogP contribution is 2.04. The van der Waals surface area contributed by atoms with Crippen molar-refractivity contribution in [2.75, 3.05) is 6.54 Å². The molecule has 0 radical (unpaired) electrons. The summed E-state index contributed by atoms with van der Waals surface area (Å²) < 4.78 is 0. The van der Waals surface area contributed by atoms with Gasteiger partial charge in [-0.3, -0.25) is 9.59 Å². The lowest BCUT2D eigenvalue weighted by Crippen LogP contribution is -2.44. The number of amides is 2. The fraction of sp³-hybridized carbons (Fsp3) is 0.333. The van der Waals surface area contributed by atoms with Gasteiger partial charge in [0, 0.05) is 12.6 Å². The summed E-state index contributed by atoms with van der Waals surface area (Å²) in [5.74, 6) is -0.459. The topological polar surface area (TPSA) is 58.2 Å². The minimum absolute atomic E-state index is 0.181. The second kappa shape index (κ2) is 7.36. The number of hydrogen-bond acceptors (Lipinski definition) is 2. The molecule has 19 heavy (non-hydrogen) atoms. The first-order valence-corrected chi connectivity index (χ1v) is 6.36. The molecule has 4 nitrogen and oxygen atoms in total. The van der Waals surface area contributed by atoms with E-state index in [1.807, 2.05) is 38.1 Å². The maximum Gasteiger partial charge on any atom is 0.244 e. The van der Waals surface area contributed by atoms with Crippen LogP contribution in [0.25, 0.3) is 6.08 Å². The molecular formula is C15H20N2O2. The Morgan fingerprint density at radius 3 is 2.47 bits per heavy atom. The molecule has 0 saturated heterocycles. The Balaban J connectivity index is 2.51. The average Bonchev–Trinajstić information content (AvgIpc) is 2.38. The third kappa shape index (κ3) is 5.38. The third-order valence-corrected chi connectivity index (χ3v) is 2.61. The lowest BCUT2D eigenvalue weighted by atomic mass is 10.1. The number of nitrogens with one attached hydrogen (secondary N) is 2. The van der Waals surface area contributed by atoms with Crippen molar-refractivity contribution < 1.29 is 9.59 Å². The predicted octanol–water partition coefficient (Wildman–Crippen LogP) is 1.65. The summed E-state index contributed by atoms with van der Waals surface area (Å²) in [4.78, 5) is 23.1. The molecule has 1 aromatic rings. The fourth-order valence-electron chi connectivity index (χ4n) is 1.50. The van der Waals surface area contributed by atoms with E-state index < -0.39 is 6.04 Å². The summed E-state index contributed by atoms with van der Waals surface area (Å²) in [5.41, 5.74) is 2.12. The number of hydrogen-bond donors (Lipinski definition) is 2. The van der Waals surface area contributed by atoms with E-state index in [4.69, 9.17) is 0 Å². The maximum atomic E-state index is 11.6. The van der Waals surface area contributed by atoms with Gasteiger partial charge < -0.3 is 10.6 Å². The molecule has 0 fully saturated rings. The highest BCUT2D eigenvalue weighted by molar-refractivity contribution is 5.95. The zero-order chi connectivity index (χ0) is 14.3. The maximum absolute atomic E-state index is 11.6. The molecular weight excluding hydrogens is 240 g/mol. The Kier molecular flexibility index (Phi) is 5.79. The summed E-state index contributed by atoms with van der Waals surface area (Å²) in [6, 6.07) is 7.30. The van der Waals surface area contributed by atoms with Crippen LogP contribution in [0.5, 0.6) is 0 Å². The molecule has 2 N–H and O–H groups in total. The second-order valence-electron chi connectivity index (χ2n) is 4.37. The predicted molar refractivity (Wildman–Crippen MR) is 76.5 cm³/mol. The quantitative estimate of drug-likeness (QED) is 0.791. The van der Waals surface area contributed by atoms with E-state index in [0.29, 0.717) is 6.54 Å². The van der Waals surface area contributed by atoms with Crippen LogP contribution >= 0.6 is 0 Å². The Hall–Kier alpha value is -2.10. The Morgan fingerprint density at radius 2 is 1.89 bits per heavy atom. The minimum Gasteiger partial charge on any atom is -0.355 e. The largest absolute Gasteiger partial charge is 0.355 e. The van der Waals surface area contributed by atoms with Gasteiger partial charge in [0.1, 0.15) is 6.04 Å². The number of rotatable bonds is 5. The van der Waals surface area contributed by atoms with E-state index in [1.54, 1.807) is 13.0 Å². The SMILES string of the molecule is CCNC(=O)[C@@H](C)NC(=O)/C=C/c1ccc(C)cc1. The van der Waals surface area contributed by atoms with Crippen LogP contribution in [0, 0.1) is 6.92 Å². The van der Waals surface area contributed by atoms with Crippen molar-refractivity contribution in [1.82, 2.24) is 10.6 Å². The van der Waals surface area contributed by atoms with Gasteiger partial charge in [0.2, 0.25) is 11.8 Å². The highest BCUT2D eigenvalue weighted by atomic mass is 16.2. The summed E-state index contributed by atoms with van der Waals surface area (Å²) in [7, 11) is 0. The van der Waals surface area contributed by atoms with E-state index in [9.17, 15) is 9.59 Å². The molecule has 0 spiro atoms. The highest BCUT2D eigenvalue weighted by Gasteiger charge is 2.12. The molecule has 0 bridgehead atoms. The van der Waals surface area contributed by atoms with Crippen LogP contribution < -0.4 is 10.6 Å². The molecule has 4 heteroatoms. The number of carbonyl (C=O) groups excluding carboxylic acids is 2. The Morgan fingerprint density at radius 1 is 1.26 bits per heavy atom. The van der Waals surface area contributed by atoms with Gasteiger partial charge in [-0.25, -0.2) is 0 Å². The van der Waals surface area contributed by atoms with Crippen LogP contribution in [0.4, 0.5) is 0 Å². The van der Waals surface area contributed by atoms with Gasteiger partial charge in [-0.15, -0.1) is 0 Å². The number of likely N-dealkylation sites (N-methyl/N-ethyl adjacent to an activating group) is 1. The molecule has 1 rings (SSSR count). The van der Waals surface area contributed by atoms with Crippen molar-refractivity contribution in [3.8, 4) is 0 Å². The molecule has 0 aliphatic carbocycles. The van der Waals surface area contributed by atoms with Gasteiger partial charge in [-0.1, -0.05) is 29.8 Å². The lowest BCUT2D eigenvalue weighted by molar-refractivity contribution is -0.126. The first-order valence-electron chi connectivity index (χ1n) is 6.36. The van der Waals surface area contributed by atoms with Crippen molar-refractivity contribution in [3.63, 3.8) is 0 Å². The number of benzene rings is 1. The zero-order valence-electron chi connectivity index (χ0n) is 11.6. The van der Waals surface area contributed by atoms with Crippen molar-refractivity contribution in [3.05, 3.63) is 41.5 Å². The summed E-state index contributed by atoms with van der Waals surface area (Å²) in [6.07, 6.45) is 3.15. The van der Waals surface area contributed by atoms with Gasteiger partial charge in [-0.05, 0) is 32.4 Å². The molecule has 1 atom stereocenters. The van der Waals surface area contributed by atoms with Gasteiger partial charge in [0.05, 0.1) is 0 Å². The molecule has 2 amide bonds. The van der Waals surface area contributed by atoms with Crippen LogP contribution in [0.15, 0.2) is 30.3 Å². The first kappa shape index (κ1) is 15.0. The number of aryl methyl sites for hydroxylation is 1. The zero-order valence-corrected chi connectivity index (χ0v) is 11.6.